The zero-order valence-electron chi connectivity index (χ0n) is 36.3. The fourth-order valence-electron chi connectivity index (χ4n) is 9.82. The summed E-state index contributed by atoms with van der Waals surface area (Å²) in [6.45, 7) is 0. The number of nitrogens with zero attached hydrogens (tertiary/aromatic N) is 2. The topological polar surface area (TPSA) is 8.17 Å². The van der Waals surface area contributed by atoms with E-state index in [1.807, 2.05) is 0 Å². The van der Waals surface area contributed by atoms with Crippen LogP contribution in [0.3, 0.4) is 0 Å². The molecular weight excluding hydrogens is 797 g/mol. The number of para-hydroxylation sites is 4. The van der Waals surface area contributed by atoms with Gasteiger partial charge in [-0.2, -0.15) is 0 Å². The molecule has 66 heavy (non-hydrogen) atoms. The monoisotopic (exact) mass is 840 g/mol. The van der Waals surface area contributed by atoms with Crippen molar-refractivity contribution in [1.82, 2.24) is 4.57 Å². The summed E-state index contributed by atoms with van der Waals surface area (Å²) in [5, 5.41) is 5.05. The second-order valence-electron chi connectivity index (χ2n) is 16.9. The minimum Gasteiger partial charge on any atom is -0.310 e. The van der Waals surface area contributed by atoms with E-state index >= 15 is 0 Å². The molecular formula is C64H44N2. The second kappa shape index (κ2) is 16.8. The summed E-state index contributed by atoms with van der Waals surface area (Å²) in [5.74, 6) is 0. The number of hydrogen-bond acceptors (Lipinski definition) is 1. The normalized spacial score (nSPS) is 11.3. The largest absolute Gasteiger partial charge is 0.310 e. The van der Waals surface area contributed by atoms with Gasteiger partial charge in [0.25, 0.3) is 0 Å². The van der Waals surface area contributed by atoms with Crippen LogP contribution in [0.2, 0.25) is 0 Å². The smallest absolute Gasteiger partial charge is 0.0541 e. The van der Waals surface area contributed by atoms with Crippen molar-refractivity contribution in [3.05, 3.63) is 267 Å². The zero-order valence-corrected chi connectivity index (χ0v) is 36.3. The molecule has 0 amide bonds. The molecule has 0 saturated heterocycles. The number of anilines is 3. The van der Waals surface area contributed by atoms with E-state index in [1.165, 1.54) is 93.9 Å². The molecule has 1 heterocycles. The summed E-state index contributed by atoms with van der Waals surface area (Å²) in [5.41, 5.74) is 18.8. The molecule has 0 N–H and O–H groups in total. The van der Waals surface area contributed by atoms with Crippen LogP contribution in [0.1, 0.15) is 0 Å². The van der Waals surface area contributed by atoms with Gasteiger partial charge in [-0.15, -0.1) is 0 Å². The minimum absolute atomic E-state index is 1.09. The molecule has 0 bridgehead atoms. The number of fused-ring (bicyclic) bond motifs is 4. The highest BCUT2D eigenvalue weighted by Gasteiger charge is 2.19. The van der Waals surface area contributed by atoms with E-state index in [0.29, 0.717) is 0 Å². The molecule has 11 aromatic carbocycles. The van der Waals surface area contributed by atoms with Gasteiger partial charge in [0.05, 0.1) is 22.4 Å². The van der Waals surface area contributed by atoms with Gasteiger partial charge >= 0.3 is 0 Å². The third-order valence-corrected chi connectivity index (χ3v) is 13.1. The quantitative estimate of drug-likeness (QED) is 0.141. The first-order chi connectivity index (χ1) is 32.7. The first-order valence-electron chi connectivity index (χ1n) is 22.7. The van der Waals surface area contributed by atoms with Crippen molar-refractivity contribution in [2.24, 2.45) is 0 Å². The summed E-state index contributed by atoms with van der Waals surface area (Å²) in [4.78, 5) is 2.38. The van der Waals surface area contributed by atoms with Crippen LogP contribution >= 0.6 is 0 Å². The molecule has 0 atom stereocenters. The van der Waals surface area contributed by atoms with Gasteiger partial charge in [-0.25, -0.2) is 0 Å². The predicted octanol–water partition coefficient (Wildman–Crippen LogP) is 17.7. The molecule has 0 fully saturated rings. The number of benzene rings is 11. The molecule has 12 rings (SSSR count). The van der Waals surface area contributed by atoms with Crippen LogP contribution in [0, 0.1) is 0 Å². The van der Waals surface area contributed by atoms with E-state index in [-0.39, 0.29) is 0 Å². The molecule has 0 aliphatic heterocycles. The van der Waals surface area contributed by atoms with Gasteiger partial charge in [0.15, 0.2) is 0 Å². The summed E-state index contributed by atoms with van der Waals surface area (Å²) in [6.07, 6.45) is 0. The average molecular weight is 841 g/mol. The van der Waals surface area contributed by atoms with E-state index in [1.54, 1.807) is 0 Å². The lowest BCUT2D eigenvalue weighted by Crippen LogP contribution is -2.11. The van der Waals surface area contributed by atoms with Crippen LogP contribution in [0.4, 0.5) is 17.1 Å². The standard InChI is InChI=1S/C64H44N2/c1-2-15-50(16-3-1)57-20-6-10-25-61(57)65(53-41-37-47(38-42-53)45-29-33-51(34-30-45)56-24-14-18-49-17-4-5-19-55(49)56)54-43-39-48(40-44-54)46-31-35-52(36-32-46)58-21-7-11-26-62(58)66-63-27-12-8-22-59(63)60-23-9-13-28-64(60)66/h1-44H. The molecule has 310 valence electrons. The van der Waals surface area contributed by atoms with Crippen molar-refractivity contribution in [3.63, 3.8) is 0 Å². The van der Waals surface area contributed by atoms with Crippen LogP contribution in [0.25, 0.3) is 93.9 Å². The Morgan fingerprint density at radius 1 is 0.242 bits per heavy atom. The third kappa shape index (κ3) is 7.02. The molecule has 0 radical (unpaired) electrons. The average Bonchev–Trinajstić information content (AvgIpc) is 3.74. The van der Waals surface area contributed by atoms with Crippen LogP contribution in [-0.4, -0.2) is 4.57 Å². The molecule has 0 aliphatic carbocycles. The molecule has 0 unspecified atom stereocenters. The summed E-state index contributed by atoms with van der Waals surface area (Å²) >= 11 is 0. The molecule has 2 heteroatoms. The first kappa shape index (κ1) is 38.9. The van der Waals surface area contributed by atoms with Crippen molar-refractivity contribution in [2.75, 3.05) is 4.90 Å². The Labute approximate surface area is 385 Å². The Bertz CT molecular complexity index is 3600. The number of rotatable bonds is 9. The van der Waals surface area contributed by atoms with E-state index in [4.69, 9.17) is 0 Å². The van der Waals surface area contributed by atoms with E-state index in [2.05, 4.69) is 276 Å². The van der Waals surface area contributed by atoms with Gasteiger partial charge in [0.2, 0.25) is 0 Å². The summed E-state index contributed by atoms with van der Waals surface area (Å²) < 4.78 is 2.41. The van der Waals surface area contributed by atoms with E-state index in [9.17, 15) is 0 Å². The van der Waals surface area contributed by atoms with Crippen LogP contribution in [0.5, 0.6) is 0 Å². The highest BCUT2D eigenvalue weighted by atomic mass is 15.1. The van der Waals surface area contributed by atoms with Crippen LogP contribution in [0.15, 0.2) is 267 Å². The minimum atomic E-state index is 1.09. The molecule has 0 saturated carbocycles. The zero-order chi connectivity index (χ0) is 43.8. The third-order valence-electron chi connectivity index (χ3n) is 13.1. The predicted molar refractivity (Wildman–Crippen MR) is 280 cm³/mol. The maximum absolute atomic E-state index is 2.41. The van der Waals surface area contributed by atoms with Gasteiger partial charge in [-0.3, -0.25) is 0 Å². The van der Waals surface area contributed by atoms with Gasteiger partial charge in [-0.1, -0.05) is 218 Å². The SMILES string of the molecule is c1ccc(-c2ccccc2N(c2ccc(-c3ccc(-c4ccccc4-n4c5ccccc5c5ccccc54)cc3)cc2)c2ccc(-c3ccc(-c4cccc5ccccc45)cc3)cc2)cc1. The van der Waals surface area contributed by atoms with Gasteiger partial charge in [0, 0.05) is 33.3 Å². The lowest BCUT2D eigenvalue weighted by molar-refractivity contribution is 1.18. The Balaban J connectivity index is 0.872. The molecule has 1 aromatic heterocycles. The molecule has 12 aromatic rings. The Kier molecular flexibility index (Phi) is 9.89. The molecule has 0 spiro atoms. The maximum atomic E-state index is 2.41. The number of aromatic nitrogens is 1. The lowest BCUT2D eigenvalue weighted by atomic mass is 9.96. The highest BCUT2D eigenvalue weighted by molar-refractivity contribution is 6.09. The fourth-order valence-corrected chi connectivity index (χ4v) is 9.82. The number of hydrogen-bond donors (Lipinski definition) is 0. The Hall–Kier alpha value is -8.72. The summed E-state index contributed by atoms with van der Waals surface area (Å²) in [7, 11) is 0. The van der Waals surface area contributed by atoms with Crippen molar-refractivity contribution < 1.29 is 0 Å². The Morgan fingerprint density at radius 2 is 0.636 bits per heavy atom. The van der Waals surface area contributed by atoms with E-state index < -0.39 is 0 Å². The molecule has 0 aliphatic rings. The van der Waals surface area contributed by atoms with Crippen molar-refractivity contribution >= 4 is 49.6 Å². The van der Waals surface area contributed by atoms with Gasteiger partial charge < -0.3 is 9.47 Å². The van der Waals surface area contributed by atoms with Crippen molar-refractivity contribution in [1.29, 1.82) is 0 Å². The van der Waals surface area contributed by atoms with Gasteiger partial charge in [-0.05, 0) is 104 Å². The second-order valence-corrected chi connectivity index (χ2v) is 16.9. The van der Waals surface area contributed by atoms with Crippen LogP contribution < -0.4 is 4.90 Å². The molecule has 2 nitrogen and oxygen atoms in total. The fraction of sp³-hybridized carbons (Fsp3) is 0. The maximum Gasteiger partial charge on any atom is 0.0541 e. The van der Waals surface area contributed by atoms with Crippen LogP contribution in [-0.2, 0) is 0 Å². The van der Waals surface area contributed by atoms with Crippen molar-refractivity contribution in [2.45, 2.75) is 0 Å². The first-order valence-corrected chi connectivity index (χ1v) is 22.7. The van der Waals surface area contributed by atoms with Crippen molar-refractivity contribution in [3.8, 4) is 61.3 Å². The lowest BCUT2D eigenvalue weighted by Gasteiger charge is -2.28. The highest BCUT2D eigenvalue weighted by Crippen LogP contribution is 2.43. The van der Waals surface area contributed by atoms with E-state index in [0.717, 1.165) is 17.1 Å². The Morgan fingerprint density at radius 3 is 1.24 bits per heavy atom. The van der Waals surface area contributed by atoms with Gasteiger partial charge in [0.1, 0.15) is 0 Å². The summed E-state index contributed by atoms with van der Waals surface area (Å²) in [6, 6.07) is 96.7.